The van der Waals surface area contributed by atoms with Crippen molar-refractivity contribution in [2.45, 2.75) is 62.7 Å². The van der Waals surface area contributed by atoms with Crippen molar-refractivity contribution in [1.29, 1.82) is 0 Å². The smallest absolute Gasteiger partial charge is 0.240 e. The number of sulfonamides is 1. The Bertz CT molecular complexity index is 799. The molecule has 2 saturated heterocycles. The number of nitrogens with zero attached hydrogens (tertiary/aromatic N) is 1. The van der Waals surface area contributed by atoms with E-state index in [4.69, 9.17) is 9.47 Å². The van der Waals surface area contributed by atoms with E-state index in [0.717, 1.165) is 50.4 Å². The summed E-state index contributed by atoms with van der Waals surface area (Å²) >= 11 is 0. The number of nitrogens with one attached hydrogen (secondary N) is 3. The first-order valence-corrected chi connectivity index (χ1v) is 12.2. The van der Waals surface area contributed by atoms with Crippen LogP contribution >= 0.6 is 0 Å². The lowest BCUT2D eigenvalue weighted by Crippen LogP contribution is -2.45. The van der Waals surface area contributed by atoms with E-state index in [-0.39, 0.29) is 16.6 Å². The average Bonchev–Trinajstić information content (AvgIpc) is 3.41. The van der Waals surface area contributed by atoms with Crippen LogP contribution in [0.15, 0.2) is 34.2 Å². The molecule has 9 heteroatoms. The number of benzene rings is 1. The highest BCUT2D eigenvalue weighted by molar-refractivity contribution is 7.89. The zero-order chi connectivity index (χ0) is 21.5. The van der Waals surface area contributed by atoms with Crippen molar-refractivity contribution in [3.8, 4) is 0 Å². The second-order valence-electron chi connectivity index (χ2n) is 8.08. The third-order valence-corrected chi connectivity index (χ3v) is 6.89. The predicted molar refractivity (Wildman–Crippen MR) is 117 cm³/mol. The molecular formula is C21H34N4O4S. The monoisotopic (exact) mass is 438 g/mol. The standard InChI is InChI=1S/C21H34N4O4S/c1-3-22-20(24-16-21(2)11-5-13-29-21)23-14-17-7-9-19(10-8-17)30(26,27)25-15-18-6-4-12-28-18/h7-10,18,25H,3-6,11-16H2,1-2H3,(H2,22,23,24). The third kappa shape index (κ3) is 6.66. The van der Waals surface area contributed by atoms with Crippen LogP contribution < -0.4 is 15.4 Å². The lowest BCUT2D eigenvalue weighted by atomic mass is 10.0. The van der Waals surface area contributed by atoms with Crippen molar-refractivity contribution in [3.05, 3.63) is 29.8 Å². The third-order valence-electron chi connectivity index (χ3n) is 5.45. The molecule has 168 valence electrons. The molecule has 30 heavy (non-hydrogen) atoms. The van der Waals surface area contributed by atoms with Gasteiger partial charge in [-0.25, -0.2) is 18.1 Å². The summed E-state index contributed by atoms with van der Waals surface area (Å²) in [4.78, 5) is 4.87. The molecule has 0 spiro atoms. The van der Waals surface area contributed by atoms with Crippen molar-refractivity contribution < 1.29 is 17.9 Å². The molecule has 3 rings (SSSR count). The van der Waals surface area contributed by atoms with Gasteiger partial charge in [0.15, 0.2) is 5.96 Å². The number of hydrogen-bond acceptors (Lipinski definition) is 5. The topological polar surface area (TPSA) is 101 Å². The lowest BCUT2D eigenvalue weighted by Gasteiger charge is -2.24. The molecule has 2 unspecified atom stereocenters. The van der Waals surface area contributed by atoms with Gasteiger partial charge in [0.2, 0.25) is 10.0 Å². The first kappa shape index (κ1) is 23.0. The first-order chi connectivity index (χ1) is 14.4. The fraction of sp³-hybridized carbons (Fsp3) is 0.667. The highest BCUT2D eigenvalue weighted by Crippen LogP contribution is 2.23. The van der Waals surface area contributed by atoms with Crippen LogP contribution in [-0.2, 0) is 26.0 Å². The SMILES string of the molecule is CCNC(=NCc1ccc(S(=O)(=O)NCC2CCCO2)cc1)NCC1(C)CCCO1. The van der Waals surface area contributed by atoms with E-state index in [2.05, 4.69) is 27.3 Å². The summed E-state index contributed by atoms with van der Waals surface area (Å²) < 4.78 is 38.9. The van der Waals surface area contributed by atoms with Gasteiger partial charge in [-0.3, -0.25) is 0 Å². The van der Waals surface area contributed by atoms with Gasteiger partial charge in [0.25, 0.3) is 0 Å². The van der Waals surface area contributed by atoms with E-state index in [0.29, 0.717) is 26.2 Å². The molecule has 1 aromatic rings. The molecule has 0 radical (unpaired) electrons. The Morgan fingerprint density at radius 1 is 1.20 bits per heavy atom. The van der Waals surface area contributed by atoms with Crippen molar-refractivity contribution in [3.63, 3.8) is 0 Å². The Labute approximate surface area is 179 Å². The van der Waals surface area contributed by atoms with Crippen LogP contribution in [0.25, 0.3) is 0 Å². The zero-order valence-electron chi connectivity index (χ0n) is 17.9. The molecule has 2 heterocycles. The van der Waals surface area contributed by atoms with Crippen LogP contribution in [0.1, 0.15) is 45.1 Å². The van der Waals surface area contributed by atoms with E-state index < -0.39 is 10.0 Å². The zero-order valence-corrected chi connectivity index (χ0v) is 18.8. The Morgan fingerprint density at radius 2 is 2.00 bits per heavy atom. The van der Waals surface area contributed by atoms with Crippen molar-refractivity contribution in [2.75, 3.05) is 32.8 Å². The highest BCUT2D eigenvalue weighted by Gasteiger charge is 2.29. The molecule has 2 aliphatic heterocycles. The Balaban J connectivity index is 1.54. The summed E-state index contributed by atoms with van der Waals surface area (Å²) in [6, 6.07) is 6.84. The first-order valence-electron chi connectivity index (χ1n) is 10.8. The molecule has 0 aromatic heterocycles. The van der Waals surface area contributed by atoms with Crippen LogP contribution in [0, 0.1) is 0 Å². The molecule has 3 N–H and O–H groups in total. The van der Waals surface area contributed by atoms with Gasteiger partial charge in [0, 0.05) is 32.8 Å². The van der Waals surface area contributed by atoms with Crippen molar-refractivity contribution >= 4 is 16.0 Å². The van der Waals surface area contributed by atoms with Crippen LogP contribution in [-0.4, -0.2) is 58.9 Å². The summed E-state index contributed by atoms with van der Waals surface area (Å²) in [6.45, 7) is 7.88. The van der Waals surface area contributed by atoms with Gasteiger partial charge >= 0.3 is 0 Å². The number of rotatable bonds is 9. The molecule has 0 amide bonds. The minimum Gasteiger partial charge on any atom is -0.377 e. The highest BCUT2D eigenvalue weighted by atomic mass is 32.2. The fourth-order valence-corrected chi connectivity index (χ4v) is 4.69. The number of hydrogen-bond donors (Lipinski definition) is 3. The largest absolute Gasteiger partial charge is 0.377 e. The second-order valence-corrected chi connectivity index (χ2v) is 9.85. The van der Waals surface area contributed by atoms with Gasteiger partial charge in [0.05, 0.1) is 23.1 Å². The fourth-order valence-electron chi connectivity index (χ4n) is 3.62. The van der Waals surface area contributed by atoms with E-state index in [1.165, 1.54) is 0 Å². The summed E-state index contributed by atoms with van der Waals surface area (Å²) in [5.41, 5.74) is 0.788. The molecular weight excluding hydrogens is 404 g/mol. The van der Waals surface area contributed by atoms with Gasteiger partial charge in [-0.2, -0.15) is 0 Å². The minimum absolute atomic E-state index is 0.0257. The van der Waals surface area contributed by atoms with E-state index >= 15 is 0 Å². The quantitative estimate of drug-likeness (QED) is 0.401. The maximum absolute atomic E-state index is 12.5. The van der Waals surface area contributed by atoms with Crippen LogP contribution in [0.2, 0.25) is 0 Å². The lowest BCUT2D eigenvalue weighted by molar-refractivity contribution is 0.0243. The van der Waals surface area contributed by atoms with E-state index in [1.807, 2.05) is 6.92 Å². The molecule has 0 bridgehead atoms. The molecule has 0 aliphatic carbocycles. The number of guanidine groups is 1. The van der Waals surface area contributed by atoms with Crippen LogP contribution in [0.4, 0.5) is 0 Å². The van der Waals surface area contributed by atoms with Crippen molar-refractivity contribution in [2.24, 2.45) is 4.99 Å². The second kappa shape index (κ2) is 10.6. The normalized spacial score (nSPS) is 24.9. The molecule has 2 fully saturated rings. The van der Waals surface area contributed by atoms with Gasteiger partial charge in [-0.1, -0.05) is 12.1 Å². The maximum atomic E-state index is 12.5. The van der Waals surface area contributed by atoms with Crippen molar-refractivity contribution in [1.82, 2.24) is 15.4 Å². The summed E-state index contributed by atoms with van der Waals surface area (Å²) in [5.74, 6) is 0.726. The average molecular weight is 439 g/mol. The van der Waals surface area contributed by atoms with Gasteiger partial charge in [-0.05, 0) is 57.2 Å². The Morgan fingerprint density at radius 3 is 2.63 bits per heavy atom. The summed E-state index contributed by atoms with van der Waals surface area (Å²) in [7, 11) is -3.53. The van der Waals surface area contributed by atoms with Crippen LogP contribution in [0.5, 0.6) is 0 Å². The maximum Gasteiger partial charge on any atom is 0.240 e. The van der Waals surface area contributed by atoms with Gasteiger partial charge in [-0.15, -0.1) is 0 Å². The summed E-state index contributed by atoms with van der Waals surface area (Å²) in [6.07, 6.45) is 3.98. The van der Waals surface area contributed by atoms with Gasteiger partial charge < -0.3 is 20.1 Å². The summed E-state index contributed by atoms with van der Waals surface area (Å²) in [5, 5.41) is 6.59. The van der Waals surface area contributed by atoms with E-state index in [1.54, 1.807) is 24.3 Å². The number of aliphatic imine (C=N–C) groups is 1. The molecule has 1 aromatic carbocycles. The molecule has 8 nitrogen and oxygen atoms in total. The Kier molecular flexibility index (Phi) is 8.10. The Hall–Kier alpha value is -1.68. The van der Waals surface area contributed by atoms with Crippen LogP contribution in [0.3, 0.4) is 0 Å². The predicted octanol–water partition coefficient (Wildman–Crippen LogP) is 1.77. The van der Waals surface area contributed by atoms with E-state index in [9.17, 15) is 8.42 Å². The number of ether oxygens (including phenoxy) is 2. The molecule has 2 atom stereocenters. The molecule has 0 saturated carbocycles. The molecule has 2 aliphatic rings. The van der Waals surface area contributed by atoms with Gasteiger partial charge in [0.1, 0.15) is 0 Å². The minimum atomic E-state index is -3.53.